The van der Waals surface area contributed by atoms with Gasteiger partial charge in [-0.1, -0.05) is 6.58 Å². The van der Waals surface area contributed by atoms with Gasteiger partial charge in [0.05, 0.1) is 17.4 Å². The van der Waals surface area contributed by atoms with Gasteiger partial charge in [-0.2, -0.15) is 0 Å². The molecule has 0 saturated carbocycles. The molecule has 2 rings (SSSR count). The van der Waals surface area contributed by atoms with Crippen LogP contribution in [0.4, 0.5) is 0 Å². The molecule has 0 aliphatic rings. The molecule has 0 radical (unpaired) electrons. The molecule has 106 valence electrons. The van der Waals surface area contributed by atoms with Crippen molar-refractivity contribution in [3.05, 3.63) is 30.1 Å². The minimum absolute atomic E-state index is 0.0847. The predicted molar refractivity (Wildman–Crippen MR) is 74.8 cm³/mol. The number of ketones is 1. The lowest BCUT2D eigenvalue weighted by molar-refractivity contribution is 0.0268. The molecule has 0 unspecified atom stereocenters. The summed E-state index contributed by atoms with van der Waals surface area (Å²) in [6.07, 6.45) is 3.00. The number of allylic oxidation sites excluding steroid dienone is 1. The van der Waals surface area contributed by atoms with Crippen molar-refractivity contribution in [2.45, 2.75) is 26.4 Å². The number of hydrogen-bond donors (Lipinski definition) is 2. The monoisotopic (exact) mass is 275 g/mol. The minimum atomic E-state index is -0.967. The van der Waals surface area contributed by atoms with E-state index in [9.17, 15) is 9.90 Å². The normalized spacial score (nSPS) is 11.6. The highest BCUT2D eigenvalue weighted by Crippen LogP contribution is 2.20. The summed E-state index contributed by atoms with van der Waals surface area (Å²) in [5.74, 6) is 0.0696. The fourth-order valence-corrected chi connectivity index (χ4v) is 1.60. The fourth-order valence-electron chi connectivity index (χ4n) is 1.60. The Balaban J connectivity index is 2.34. The SMILES string of the molecule is C=C(C)C(=O)c1c[nH]c2ncc(OCC(C)(C)O)nc12. The molecule has 20 heavy (non-hydrogen) atoms. The van der Waals surface area contributed by atoms with Crippen LogP contribution in [0.1, 0.15) is 31.1 Å². The van der Waals surface area contributed by atoms with E-state index in [1.54, 1.807) is 27.0 Å². The number of nitrogens with one attached hydrogen (secondary N) is 1. The number of hydrogen-bond acceptors (Lipinski definition) is 5. The Bertz CT molecular complexity index is 668. The molecule has 2 aromatic heterocycles. The van der Waals surface area contributed by atoms with E-state index in [0.29, 0.717) is 22.3 Å². The second-order valence-electron chi connectivity index (χ2n) is 5.32. The van der Waals surface area contributed by atoms with Gasteiger partial charge in [0, 0.05) is 6.20 Å². The molecule has 6 nitrogen and oxygen atoms in total. The Morgan fingerprint density at radius 3 is 2.85 bits per heavy atom. The number of aliphatic hydroxyl groups is 1. The van der Waals surface area contributed by atoms with Gasteiger partial charge in [-0.25, -0.2) is 9.97 Å². The third-order valence-corrected chi connectivity index (χ3v) is 2.56. The number of nitrogens with zero attached hydrogens (tertiary/aromatic N) is 2. The maximum absolute atomic E-state index is 12.0. The van der Waals surface area contributed by atoms with Crippen molar-refractivity contribution in [3.63, 3.8) is 0 Å². The standard InChI is InChI=1S/C14H17N3O3/c1-8(2)12(18)9-5-15-13-11(9)17-10(6-16-13)20-7-14(3,4)19/h5-6,19H,1,7H2,2-4H3,(H,15,16). The van der Waals surface area contributed by atoms with Crippen LogP contribution in [0.15, 0.2) is 24.5 Å². The Morgan fingerprint density at radius 1 is 1.55 bits per heavy atom. The summed E-state index contributed by atoms with van der Waals surface area (Å²) in [4.78, 5) is 23.3. The highest BCUT2D eigenvalue weighted by atomic mass is 16.5. The van der Waals surface area contributed by atoms with E-state index in [0.717, 1.165) is 0 Å². The summed E-state index contributed by atoms with van der Waals surface area (Å²) in [7, 11) is 0. The average Bonchev–Trinajstić information content (AvgIpc) is 2.77. The van der Waals surface area contributed by atoms with Gasteiger partial charge < -0.3 is 14.8 Å². The average molecular weight is 275 g/mol. The molecule has 2 N–H and O–H groups in total. The molecule has 0 aromatic carbocycles. The van der Waals surface area contributed by atoms with E-state index in [2.05, 4.69) is 21.5 Å². The highest BCUT2D eigenvalue weighted by Gasteiger charge is 2.17. The van der Waals surface area contributed by atoms with Crippen molar-refractivity contribution in [2.24, 2.45) is 0 Å². The zero-order valence-electron chi connectivity index (χ0n) is 11.7. The lowest BCUT2D eigenvalue weighted by atomic mass is 10.1. The number of H-pyrrole nitrogens is 1. The molecule has 6 heteroatoms. The zero-order valence-corrected chi connectivity index (χ0v) is 11.7. The Labute approximate surface area is 116 Å². The second-order valence-corrected chi connectivity index (χ2v) is 5.32. The van der Waals surface area contributed by atoms with Gasteiger partial charge in [0.25, 0.3) is 0 Å². The van der Waals surface area contributed by atoms with Crippen molar-refractivity contribution in [1.82, 2.24) is 15.0 Å². The van der Waals surface area contributed by atoms with Crippen molar-refractivity contribution in [2.75, 3.05) is 6.61 Å². The first-order chi connectivity index (χ1) is 9.28. The first kappa shape index (κ1) is 14.2. The van der Waals surface area contributed by atoms with Crippen molar-refractivity contribution in [3.8, 4) is 5.88 Å². The number of ether oxygens (including phenoxy) is 1. The lowest BCUT2D eigenvalue weighted by Crippen LogP contribution is -2.28. The highest BCUT2D eigenvalue weighted by molar-refractivity contribution is 6.14. The third kappa shape index (κ3) is 3.03. The van der Waals surface area contributed by atoms with Crippen molar-refractivity contribution >= 4 is 16.9 Å². The molecule has 0 aliphatic carbocycles. The minimum Gasteiger partial charge on any atom is -0.474 e. The van der Waals surface area contributed by atoms with Gasteiger partial charge in [-0.05, 0) is 26.3 Å². The summed E-state index contributed by atoms with van der Waals surface area (Å²) in [6.45, 7) is 8.62. The molecule has 0 atom stereocenters. The number of aromatic amines is 1. The van der Waals surface area contributed by atoms with Gasteiger partial charge >= 0.3 is 0 Å². The first-order valence-corrected chi connectivity index (χ1v) is 6.17. The molecule has 0 spiro atoms. The van der Waals surface area contributed by atoms with Crippen LogP contribution in [0.3, 0.4) is 0 Å². The van der Waals surface area contributed by atoms with Crippen molar-refractivity contribution < 1.29 is 14.6 Å². The maximum Gasteiger partial charge on any atom is 0.233 e. The van der Waals surface area contributed by atoms with E-state index in [-0.39, 0.29) is 18.3 Å². The van der Waals surface area contributed by atoms with Crippen LogP contribution >= 0.6 is 0 Å². The second kappa shape index (κ2) is 5.05. The smallest absolute Gasteiger partial charge is 0.233 e. The van der Waals surface area contributed by atoms with Crippen LogP contribution in [-0.2, 0) is 0 Å². The number of rotatable bonds is 5. The Kier molecular flexibility index (Phi) is 3.59. The molecular formula is C14H17N3O3. The zero-order chi connectivity index (χ0) is 14.9. The molecular weight excluding hydrogens is 258 g/mol. The molecule has 2 heterocycles. The molecule has 0 saturated heterocycles. The van der Waals surface area contributed by atoms with Gasteiger partial charge in [0.2, 0.25) is 5.88 Å². The maximum atomic E-state index is 12.0. The van der Waals surface area contributed by atoms with E-state index in [1.165, 1.54) is 6.20 Å². The fraction of sp³-hybridized carbons (Fsp3) is 0.357. The van der Waals surface area contributed by atoms with Crippen LogP contribution < -0.4 is 4.74 Å². The number of carbonyl (C=O) groups excluding carboxylic acids is 1. The van der Waals surface area contributed by atoms with E-state index in [1.807, 2.05) is 0 Å². The van der Waals surface area contributed by atoms with Crippen LogP contribution in [0.5, 0.6) is 5.88 Å². The Morgan fingerprint density at radius 2 is 2.25 bits per heavy atom. The van der Waals surface area contributed by atoms with Crippen molar-refractivity contribution in [1.29, 1.82) is 0 Å². The number of carbonyl (C=O) groups is 1. The van der Waals surface area contributed by atoms with Gasteiger partial charge in [-0.3, -0.25) is 4.79 Å². The Hall–Kier alpha value is -2.21. The molecule has 0 aliphatic heterocycles. The first-order valence-electron chi connectivity index (χ1n) is 6.17. The summed E-state index contributed by atoms with van der Waals surface area (Å²) in [5.41, 5.74) is 0.811. The molecule has 0 fully saturated rings. The molecule has 2 aromatic rings. The molecule has 0 bridgehead atoms. The summed E-state index contributed by atoms with van der Waals surface area (Å²) >= 11 is 0. The van der Waals surface area contributed by atoms with Gasteiger partial charge in [-0.15, -0.1) is 0 Å². The van der Waals surface area contributed by atoms with E-state index >= 15 is 0 Å². The predicted octanol–water partition coefficient (Wildman–Crippen LogP) is 1.87. The van der Waals surface area contributed by atoms with Crippen LogP contribution in [0.2, 0.25) is 0 Å². The summed E-state index contributed by atoms with van der Waals surface area (Å²) < 4.78 is 5.37. The quantitative estimate of drug-likeness (QED) is 0.642. The lowest BCUT2D eigenvalue weighted by Gasteiger charge is -2.16. The topological polar surface area (TPSA) is 88.1 Å². The molecule has 0 amide bonds. The number of fused-ring (bicyclic) bond motifs is 1. The summed E-state index contributed by atoms with van der Waals surface area (Å²) in [6, 6.07) is 0. The summed E-state index contributed by atoms with van der Waals surface area (Å²) in [5, 5.41) is 9.62. The van der Waals surface area contributed by atoms with Crippen LogP contribution in [0, 0.1) is 0 Å². The van der Waals surface area contributed by atoms with Gasteiger partial charge in [0.1, 0.15) is 12.1 Å². The number of aromatic nitrogens is 3. The van der Waals surface area contributed by atoms with Gasteiger partial charge in [0.15, 0.2) is 11.4 Å². The van der Waals surface area contributed by atoms with Crippen LogP contribution in [-0.4, -0.2) is 38.0 Å². The van der Waals surface area contributed by atoms with Crippen LogP contribution in [0.25, 0.3) is 11.2 Å². The third-order valence-electron chi connectivity index (χ3n) is 2.56. The number of Topliss-reactive ketones (excluding diaryl/α,β-unsaturated/α-hetero) is 1. The van der Waals surface area contributed by atoms with E-state index < -0.39 is 5.60 Å². The van der Waals surface area contributed by atoms with E-state index in [4.69, 9.17) is 4.74 Å². The largest absolute Gasteiger partial charge is 0.474 e.